The lowest BCUT2D eigenvalue weighted by atomic mass is 10.2. The SMILES string of the molecule is Fc1cc(N2CCNCC2)c2occc2c1Cl. The number of hydrogen-bond donors (Lipinski definition) is 1. The van der Waals surface area contributed by atoms with Crippen LogP contribution in [-0.2, 0) is 0 Å². The Labute approximate surface area is 103 Å². The first-order valence-corrected chi connectivity index (χ1v) is 5.96. The van der Waals surface area contributed by atoms with E-state index in [4.69, 9.17) is 16.0 Å². The van der Waals surface area contributed by atoms with Gasteiger partial charge in [-0.25, -0.2) is 4.39 Å². The average Bonchev–Trinajstić information content (AvgIpc) is 2.84. The second-order valence-electron chi connectivity index (χ2n) is 4.09. The topological polar surface area (TPSA) is 28.4 Å². The number of halogens is 2. The summed E-state index contributed by atoms with van der Waals surface area (Å²) in [6.45, 7) is 3.48. The third-order valence-electron chi connectivity index (χ3n) is 3.07. The van der Waals surface area contributed by atoms with Crippen LogP contribution in [0.2, 0.25) is 5.02 Å². The number of piperazine rings is 1. The standard InChI is InChI=1S/C12H12ClFN2O/c13-11-8-1-6-17-12(8)10(7-9(11)14)16-4-2-15-3-5-16/h1,6-7,15H,2-5H2. The Kier molecular flexibility index (Phi) is 2.68. The number of rotatable bonds is 1. The third-order valence-corrected chi connectivity index (χ3v) is 3.45. The van der Waals surface area contributed by atoms with E-state index in [0.717, 1.165) is 31.9 Å². The summed E-state index contributed by atoms with van der Waals surface area (Å²) in [5.41, 5.74) is 1.45. The van der Waals surface area contributed by atoms with Gasteiger partial charge in [0, 0.05) is 37.6 Å². The van der Waals surface area contributed by atoms with Crippen LogP contribution >= 0.6 is 11.6 Å². The molecule has 0 amide bonds. The van der Waals surface area contributed by atoms with Crippen LogP contribution in [0.5, 0.6) is 0 Å². The maximum Gasteiger partial charge on any atom is 0.158 e. The highest BCUT2D eigenvalue weighted by Gasteiger charge is 2.19. The molecule has 1 aromatic carbocycles. The van der Waals surface area contributed by atoms with Crippen LogP contribution in [-0.4, -0.2) is 26.2 Å². The van der Waals surface area contributed by atoms with Gasteiger partial charge in [-0.05, 0) is 6.07 Å². The number of anilines is 1. The highest BCUT2D eigenvalue weighted by atomic mass is 35.5. The predicted octanol–water partition coefficient (Wildman–Crippen LogP) is 2.63. The zero-order chi connectivity index (χ0) is 11.8. The smallest absolute Gasteiger partial charge is 0.158 e. The quantitative estimate of drug-likeness (QED) is 0.848. The second-order valence-corrected chi connectivity index (χ2v) is 4.47. The molecular weight excluding hydrogens is 243 g/mol. The molecule has 0 spiro atoms. The van der Waals surface area contributed by atoms with Gasteiger partial charge in [-0.15, -0.1) is 0 Å². The summed E-state index contributed by atoms with van der Waals surface area (Å²) in [6.07, 6.45) is 1.54. The minimum absolute atomic E-state index is 0.132. The molecule has 1 aliphatic rings. The highest BCUT2D eigenvalue weighted by molar-refractivity contribution is 6.35. The Morgan fingerprint density at radius 3 is 2.88 bits per heavy atom. The van der Waals surface area contributed by atoms with Gasteiger partial charge in [-0.3, -0.25) is 0 Å². The number of benzene rings is 1. The van der Waals surface area contributed by atoms with Gasteiger partial charge in [0.1, 0.15) is 5.82 Å². The van der Waals surface area contributed by atoms with Gasteiger partial charge in [0.05, 0.1) is 17.0 Å². The van der Waals surface area contributed by atoms with Crippen molar-refractivity contribution in [3.8, 4) is 0 Å². The van der Waals surface area contributed by atoms with Crippen LogP contribution < -0.4 is 10.2 Å². The van der Waals surface area contributed by atoms with Gasteiger partial charge in [0.2, 0.25) is 0 Å². The molecule has 0 saturated carbocycles. The van der Waals surface area contributed by atoms with Gasteiger partial charge in [-0.1, -0.05) is 11.6 Å². The van der Waals surface area contributed by atoms with Crippen molar-refractivity contribution in [2.45, 2.75) is 0 Å². The Hall–Kier alpha value is -1.26. The Morgan fingerprint density at radius 2 is 2.12 bits per heavy atom. The summed E-state index contributed by atoms with van der Waals surface area (Å²) >= 11 is 5.91. The molecule has 2 aromatic rings. The molecule has 0 radical (unpaired) electrons. The lowest BCUT2D eigenvalue weighted by molar-refractivity contribution is 0.574. The first kappa shape index (κ1) is 10.9. The predicted molar refractivity (Wildman–Crippen MR) is 66.3 cm³/mol. The Bertz CT molecular complexity index is 549. The zero-order valence-electron chi connectivity index (χ0n) is 9.17. The lowest BCUT2D eigenvalue weighted by Crippen LogP contribution is -2.43. The monoisotopic (exact) mass is 254 g/mol. The van der Waals surface area contributed by atoms with Crippen molar-refractivity contribution in [2.75, 3.05) is 31.1 Å². The van der Waals surface area contributed by atoms with E-state index in [-0.39, 0.29) is 5.02 Å². The van der Waals surface area contributed by atoms with E-state index in [1.54, 1.807) is 12.3 Å². The zero-order valence-corrected chi connectivity index (χ0v) is 9.93. The van der Waals surface area contributed by atoms with Crippen LogP contribution in [0.4, 0.5) is 10.1 Å². The number of nitrogens with zero attached hydrogens (tertiary/aromatic N) is 1. The van der Waals surface area contributed by atoms with Crippen LogP contribution in [0.15, 0.2) is 22.8 Å². The summed E-state index contributed by atoms with van der Waals surface area (Å²) in [5.74, 6) is -0.394. The maximum absolute atomic E-state index is 13.7. The van der Waals surface area contributed by atoms with E-state index in [9.17, 15) is 4.39 Å². The van der Waals surface area contributed by atoms with Crippen molar-refractivity contribution in [1.29, 1.82) is 0 Å². The average molecular weight is 255 g/mol. The van der Waals surface area contributed by atoms with Crippen LogP contribution in [0.1, 0.15) is 0 Å². The molecule has 1 aliphatic heterocycles. The van der Waals surface area contributed by atoms with Crippen LogP contribution in [0.3, 0.4) is 0 Å². The van der Waals surface area contributed by atoms with E-state index < -0.39 is 5.82 Å². The molecule has 5 heteroatoms. The molecule has 90 valence electrons. The fourth-order valence-corrected chi connectivity index (χ4v) is 2.40. The van der Waals surface area contributed by atoms with E-state index >= 15 is 0 Å². The molecule has 1 N–H and O–H groups in total. The van der Waals surface area contributed by atoms with E-state index in [2.05, 4.69) is 10.2 Å². The first-order valence-electron chi connectivity index (χ1n) is 5.58. The van der Waals surface area contributed by atoms with E-state index in [1.165, 1.54) is 6.07 Å². The Balaban J connectivity index is 2.14. The van der Waals surface area contributed by atoms with Crippen molar-refractivity contribution in [3.63, 3.8) is 0 Å². The minimum atomic E-state index is -0.394. The van der Waals surface area contributed by atoms with Crippen LogP contribution in [0, 0.1) is 5.82 Å². The number of furan rings is 1. The minimum Gasteiger partial charge on any atom is -0.462 e. The summed E-state index contributed by atoms with van der Waals surface area (Å²) in [6, 6.07) is 3.16. The van der Waals surface area contributed by atoms with Crippen molar-refractivity contribution in [2.24, 2.45) is 0 Å². The number of nitrogens with one attached hydrogen (secondary N) is 1. The van der Waals surface area contributed by atoms with Gasteiger partial charge in [0.15, 0.2) is 5.58 Å². The molecule has 3 nitrogen and oxygen atoms in total. The van der Waals surface area contributed by atoms with Gasteiger partial charge < -0.3 is 14.6 Å². The second kappa shape index (κ2) is 4.20. The van der Waals surface area contributed by atoms with E-state index in [1.807, 2.05) is 0 Å². The van der Waals surface area contributed by atoms with Gasteiger partial charge in [-0.2, -0.15) is 0 Å². The van der Waals surface area contributed by atoms with Crippen molar-refractivity contribution < 1.29 is 8.81 Å². The Morgan fingerprint density at radius 1 is 1.35 bits per heavy atom. The van der Waals surface area contributed by atoms with Gasteiger partial charge >= 0.3 is 0 Å². The molecule has 1 fully saturated rings. The molecule has 0 atom stereocenters. The molecule has 17 heavy (non-hydrogen) atoms. The molecule has 3 rings (SSSR count). The van der Waals surface area contributed by atoms with E-state index in [0.29, 0.717) is 11.0 Å². The first-order chi connectivity index (χ1) is 8.27. The van der Waals surface area contributed by atoms with Crippen molar-refractivity contribution in [3.05, 3.63) is 29.2 Å². The lowest BCUT2D eigenvalue weighted by Gasteiger charge is -2.29. The fourth-order valence-electron chi connectivity index (χ4n) is 2.20. The summed E-state index contributed by atoms with van der Waals surface area (Å²) in [7, 11) is 0. The molecule has 2 heterocycles. The number of fused-ring (bicyclic) bond motifs is 1. The molecule has 1 saturated heterocycles. The molecule has 1 aromatic heterocycles. The van der Waals surface area contributed by atoms with Crippen molar-refractivity contribution >= 4 is 28.3 Å². The number of hydrogen-bond acceptors (Lipinski definition) is 3. The molecule has 0 unspecified atom stereocenters. The van der Waals surface area contributed by atoms with Gasteiger partial charge in [0.25, 0.3) is 0 Å². The normalized spacial score (nSPS) is 16.7. The summed E-state index contributed by atoms with van der Waals surface area (Å²) in [5, 5.41) is 4.03. The fraction of sp³-hybridized carbons (Fsp3) is 0.333. The molecule has 0 aliphatic carbocycles. The maximum atomic E-state index is 13.7. The molecular formula is C12H12ClFN2O. The van der Waals surface area contributed by atoms with Crippen molar-refractivity contribution in [1.82, 2.24) is 5.32 Å². The largest absolute Gasteiger partial charge is 0.462 e. The highest BCUT2D eigenvalue weighted by Crippen LogP contribution is 2.35. The summed E-state index contributed by atoms with van der Waals surface area (Å²) < 4.78 is 19.2. The third kappa shape index (κ3) is 1.77. The summed E-state index contributed by atoms with van der Waals surface area (Å²) in [4.78, 5) is 2.11. The van der Waals surface area contributed by atoms with Crippen LogP contribution in [0.25, 0.3) is 11.0 Å². The molecule has 0 bridgehead atoms.